The van der Waals surface area contributed by atoms with E-state index in [-0.39, 0.29) is 29.0 Å². The van der Waals surface area contributed by atoms with Gasteiger partial charge >= 0.3 is 5.69 Å². The number of hydrogen-bond acceptors (Lipinski definition) is 4. The SMILES string of the molecule is Cc1cc(C(=O)N2CC3CCC2C=C3c2ccc3c(n2)n(C)c(=O)n3CC(C)(C)C)n(C)n1. The highest BCUT2D eigenvalue weighted by Crippen LogP contribution is 2.40. The Hall–Kier alpha value is -3.16. The molecular formula is C25H32N6O2. The van der Waals surface area contributed by atoms with Gasteiger partial charge in [-0.1, -0.05) is 26.8 Å². The molecule has 8 nitrogen and oxygen atoms in total. The smallest absolute Gasteiger partial charge is 0.330 e. The van der Waals surface area contributed by atoms with Gasteiger partial charge in [0.15, 0.2) is 5.65 Å². The molecule has 1 aliphatic carbocycles. The summed E-state index contributed by atoms with van der Waals surface area (Å²) in [6.45, 7) is 9.61. The summed E-state index contributed by atoms with van der Waals surface area (Å²) in [6.07, 6.45) is 4.20. The second-order valence-corrected chi connectivity index (χ2v) is 10.7. The second kappa shape index (κ2) is 7.43. The summed E-state index contributed by atoms with van der Waals surface area (Å²) in [4.78, 5) is 33.0. The van der Waals surface area contributed by atoms with Crippen LogP contribution in [-0.4, -0.2) is 47.3 Å². The summed E-state index contributed by atoms with van der Waals surface area (Å²) in [5.74, 6) is 0.278. The van der Waals surface area contributed by atoms with E-state index in [4.69, 9.17) is 4.98 Å². The van der Waals surface area contributed by atoms with Crippen LogP contribution in [0.2, 0.25) is 0 Å². The molecule has 2 unspecified atom stereocenters. The number of nitrogens with zero attached hydrogens (tertiary/aromatic N) is 6. The maximum absolute atomic E-state index is 13.2. The number of rotatable bonds is 3. The van der Waals surface area contributed by atoms with Gasteiger partial charge < -0.3 is 4.90 Å². The normalized spacial score (nSPS) is 20.5. The molecule has 0 radical (unpaired) electrons. The topological polar surface area (TPSA) is 78.0 Å². The van der Waals surface area contributed by atoms with E-state index >= 15 is 0 Å². The minimum Gasteiger partial charge on any atom is -0.330 e. The van der Waals surface area contributed by atoms with Crippen molar-refractivity contribution in [1.29, 1.82) is 0 Å². The van der Waals surface area contributed by atoms with Crippen LogP contribution in [0.4, 0.5) is 0 Å². The van der Waals surface area contributed by atoms with Gasteiger partial charge in [-0.3, -0.25) is 18.6 Å². The van der Waals surface area contributed by atoms with E-state index in [1.807, 2.05) is 41.6 Å². The first-order valence-corrected chi connectivity index (χ1v) is 11.6. The van der Waals surface area contributed by atoms with Crippen LogP contribution in [0.1, 0.15) is 55.5 Å². The first-order valence-electron chi connectivity index (χ1n) is 11.6. The zero-order valence-corrected chi connectivity index (χ0v) is 20.3. The molecular weight excluding hydrogens is 416 g/mol. The molecule has 2 atom stereocenters. The molecule has 3 aromatic heterocycles. The third-order valence-electron chi connectivity index (χ3n) is 6.83. The zero-order chi connectivity index (χ0) is 23.7. The molecule has 1 fully saturated rings. The minimum absolute atomic E-state index is 0.00969. The van der Waals surface area contributed by atoms with Gasteiger partial charge in [-0.05, 0) is 49.0 Å². The molecule has 33 heavy (non-hydrogen) atoms. The van der Waals surface area contributed by atoms with Gasteiger partial charge in [-0.15, -0.1) is 0 Å². The lowest BCUT2D eigenvalue weighted by Crippen LogP contribution is -2.50. The summed E-state index contributed by atoms with van der Waals surface area (Å²) in [6, 6.07) is 5.96. The van der Waals surface area contributed by atoms with Crippen molar-refractivity contribution in [2.45, 2.75) is 53.1 Å². The number of amides is 1. The fraction of sp³-hybridized carbons (Fsp3) is 0.520. The molecule has 174 valence electrons. The maximum Gasteiger partial charge on any atom is 0.330 e. The summed E-state index contributed by atoms with van der Waals surface area (Å²) in [5.41, 5.74) is 5.11. The van der Waals surface area contributed by atoms with Crippen molar-refractivity contribution in [2.24, 2.45) is 25.4 Å². The molecule has 6 rings (SSSR count). The zero-order valence-electron chi connectivity index (χ0n) is 20.3. The number of imidazole rings is 1. The lowest BCUT2D eigenvalue weighted by atomic mass is 9.78. The molecule has 8 heteroatoms. The van der Waals surface area contributed by atoms with E-state index < -0.39 is 0 Å². The van der Waals surface area contributed by atoms with Crippen molar-refractivity contribution in [3.63, 3.8) is 0 Å². The summed E-state index contributed by atoms with van der Waals surface area (Å²) < 4.78 is 5.14. The van der Waals surface area contributed by atoms with E-state index in [1.54, 1.807) is 16.3 Å². The number of carbonyl (C=O) groups is 1. The van der Waals surface area contributed by atoms with Crippen LogP contribution in [0.5, 0.6) is 0 Å². The fourth-order valence-corrected chi connectivity index (χ4v) is 5.31. The Morgan fingerprint density at radius 3 is 2.55 bits per heavy atom. The highest BCUT2D eigenvalue weighted by molar-refractivity contribution is 5.94. The van der Waals surface area contributed by atoms with E-state index in [0.717, 1.165) is 29.7 Å². The number of aromatic nitrogens is 5. The van der Waals surface area contributed by atoms with Gasteiger partial charge in [-0.2, -0.15) is 5.10 Å². The first kappa shape index (κ1) is 21.7. The molecule has 1 saturated heterocycles. The largest absolute Gasteiger partial charge is 0.330 e. The van der Waals surface area contributed by atoms with Crippen LogP contribution < -0.4 is 5.69 Å². The molecule has 0 saturated carbocycles. The third kappa shape index (κ3) is 3.61. The highest BCUT2D eigenvalue weighted by Gasteiger charge is 2.39. The molecule has 2 bridgehead atoms. The lowest BCUT2D eigenvalue weighted by Gasteiger charge is -2.44. The number of fused-ring (bicyclic) bond motifs is 3. The van der Waals surface area contributed by atoms with Crippen LogP contribution in [-0.2, 0) is 20.6 Å². The van der Waals surface area contributed by atoms with Gasteiger partial charge in [0.05, 0.1) is 22.9 Å². The standard InChI is InChI=1S/C25H32N6O2/c1-15-11-21(29(6)27-15)23(32)30-13-16-7-8-17(30)12-18(16)19-9-10-20-22(26-19)28(5)24(33)31(20)14-25(2,3)4/h9-12,16-17H,7-8,13-14H2,1-6H3. The number of aryl methyl sites for hydroxylation is 3. The minimum atomic E-state index is -0.0352. The first-order chi connectivity index (χ1) is 15.5. The average Bonchev–Trinajstić information content (AvgIpc) is 3.23. The Kier molecular flexibility index (Phi) is 4.88. The predicted octanol–water partition coefficient (Wildman–Crippen LogP) is 3.14. The third-order valence-corrected chi connectivity index (χ3v) is 6.83. The Bertz CT molecular complexity index is 1350. The molecule has 5 heterocycles. The molecule has 0 spiro atoms. The van der Waals surface area contributed by atoms with Crippen molar-refractivity contribution in [1.82, 2.24) is 28.8 Å². The highest BCUT2D eigenvalue weighted by atomic mass is 16.2. The Morgan fingerprint density at radius 1 is 1.18 bits per heavy atom. The Morgan fingerprint density at radius 2 is 1.94 bits per heavy atom. The van der Waals surface area contributed by atoms with Gasteiger partial charge in [-0.25, -0.2) is 9.78 Å². The van der Waals surface area contributed by atoms with Crippen molar-refractivity contribution in [2.75, 3.05) is 6.54 Å². The van der Waals surface area contributed by atoms with Gasteiger partial charge in [0.25, 0.3) is 5.91 Å². The molecule has 0 N–H and O–H groups in total. The van der Waals surface area contributed by atoms with Crippen LogP contribution in [0.15, 0.2) is 29.1 Å². The fourth-order valence-electron chi connectivity index (χ4n) is 5.31. The van der Waals surface area contributed by atoms with Gasteiger partial charge in [0.1, 0.15) is 5.69 Å². The molecule has 3 aromatic rings. The average molecular weight is 449 g/mol. The van der Waals surface area contributed by atoms with E-state index in [1.165, 1.54) is 5.57 Å². The Balaban J connectivity index is 1.49. The van der Waals surface area contributed by atoms with Crippen LogP contribution in [0, 0.1) is 18.3 Å². The second-order valence-electron chi connectivity index (χ2n) is 10.7. The summed E-state index contributed by atoms with van der Waals surface area (Å²) in [7, 11) is 3.61. The number of carbonyl (C=O) groups excluding carboxylic acids is 1. The van der Waals surface area contributed by atoms with Crippen molar-refractivity contribution in [3.8, 4) is 0 Å². The summed E-state index contributed by atoms with van der Waals surface area (Å²) in [5, 5.41) is 4.33. The van der Waals surface area contributed by atoms with Crippen LogP contribution in [0.3, 0.4) is 0 Å². The van der Waals surface area contributed by atoms with Crippen molar-refractivity contribution in [3.05, 3.63) is 51.8 Å². The molecule has 0 aromatic carbocycles. The molecule has 2 aliphatic heterocycles. The van der Waals surface area contributed by atoms with Gasteiger partial charge in [0.2, 0.25) is 0 Å². The van der Waals surface area contributed by atoms with Crippen molar-refractivity contribution >= 4 is 22.6 Å². The maximum atomic E-state index is 13.2. The van der Waals surface area contributed by atoms with E-state index in [0.29, 0.717) is 24.4 Å². The van der Waals surface area contributed by atoms with Crippen LogP contribution in [0.25, 0.3) is 16.7 Å². The van der Waals surface area contributed by atoms with E-state index in [9.17, 15) is 9.59 Å². The predicted molar refractivity (Wildman–Crippen MR) is 128 cm³/mol. The summed E-state index contributed by atoms with van der Waals surface area (Å²) >= 11 is 0. The van der Waals surface area contributed by atoms with Crippen LogP contribution >= 0.6 is 0 Å². The monoisotopic (exact) mass is 448 g/mol. The van der Waals surface area contributed by atoms with Gasteiger partial charge in [0, 0.05) is 33.1 Å². The molecule has 3 aliphatic rings. The van der Waals surface area contributed by atoms with Crippen molar-refractivity contribution < 1.29 is 4.79 Å². The number of hydrogen-bond donors (Lipinski definition) is 0. The van der Waals surface area contributed by atoms with E-state index in [2.05, 4.69) is 31.9 Å². The number of piperidine rings is 1. The number of pyridine rings is 1. The Labute approximate surface area is 193 Å². The molecule has 1 amide bonds. The quantitative estimate of drug-likeness (QED) is 0.617. The lowest BCUT2D eigenvalue weighted by molar-refractivity contribution is 0.0598.